The van der Waals surface area contributed by atoms with Gasteiger partial charge in [-0.1, -0.05) is 43.2 Å². The fraction of sp³-hybridized carbons (Fsp3) is 0.467. The quantitative estimate of drug-likeness (QED) is 0.812. The SMILES string of the molecule is Cc1ccccc1CCNc1nnc(CNC(C)C)o1. The van der Waals surface area contributed by atoms with E-state index in [4.69, 9.17) is 4.42 Å². The Hall–Kier alpha value is -1.88. The fourth-order valence-corrected chi connectivity index (χ4v) is 1.88. The monoisotopic (exact) mass is 274 g/mol. The molecule has 0 amide bonds. The average Bonchev–Trinajstić information content (AvgIpc) is 2.87. The molecular formula is C15H22N4O. The Kier molecular flexibility index (Phi) is 5.12. The van der Waals surface area contributed by atoms with Gasteiger partial charge in [0.15, 0.2) is 0 Å². The number of aromatic nitrogens is 2. The molecule has 0 unspecified atom stereocenters. The molecule has 0 atom stereocenters. The maximum Gasteiger partial charge on any atom is 0.315 e. The second kappa shape index (κ2) is 7.05. The van der Waals surface area contributed by atoms with E-state index in [0.29, 0.717) is 24.5 Å². The lowest BCUT2D eigenvalue weighted by Crippen LogP contribution is -2.21. The van der Waals surface area contributed by atoms with Crippen molar-refractivity contribution in [2.24, 2.45) is 0 Å². The van der Waals surface area contributed by atoms with E-state index < -0.39 is 0 Å². The fourth-order valence-electron chi connectivity index (χ4n) is 1.88. The molecular weight excluding hydrogens is 252 g/mol. The van der Waals surface area contributed by atoms with E-state index in [1.165, 1.54) is 11.1 Å². The minimum absolute atomic E-state index is 0.402. The standard InChI is InChI=1S/C15H22N4O/c1-11(2)17-10-14-18-19-15(20-14)16-9-8-13-7-5-4-6-12(13)3/h4-7,11,17H,8-10H2,1-3H3,(H,16,19). The summed E-state index contributed by atoms with van der Waals surface area (Å²) in [6, 6.07) is 9.27. The van der Waals surface area contributed by atoms with Crippen LogP contribution in [0.3, 0.4) is 0 Å². The van der Waals surface area contributed by atoms with Gasteiger partial charge in [-0.25, -0.2) is 0 Å². The Labute approximate surface area is 119 Å². The first kappa shape index (κ1) is 14.5. The van der Waals surface area contributed by atoms with Gasteiger partial charge in [-0.2, -0.15) is 0 Å². The summed E-state index contributed by atoms with van der Waals surface area (Å²) in [4.78, 5) is 0. The molecule has 0 saturated carbocycles. The Balaban J connectivity index is 1.78. The highest BCUT2D eigenvalue weighted by Gasteiger charge is 2.06. The zero-order chi connectivity index (χ0) is 14.4. The number of anilines is 1. The van der Waals surface area contributed by atoms with E-state index >= 15 is 0 Å². The van der Waals surface area contributed by atoms with Crippen molar-refractivity contribution in [3.05, 3.63) is 41.3 Å². The Morgan fingerprint density at radius 2 is 2.00 bits per heavy atom. The number of aryl methyl sites for hydroxylation is 1. The molecule has 2 N–H and O–H groups in total. The normalized spacial score (nSPS) is 11.0. The van der Waals surface area contributed by atoms with Crippen LogP contribution in [0, 0.1) is 6.92 Å². The van der Waals surface area contributed by atoms with Gasteiger partial charge in [0.1, 0.15) is 0 Å². The number of benzene rings is 1. The number of hydrogen-bond acceptors (Lipinski definition) is 5. The summed E-state index contributed by atoms with van der Waals surface area (Å²) in [6.45, 7) is 7.67. The van der Waals surface area contributed by atoms with Crippen molar-refractivity contribution >= 4 is 6.01 Å². The summed E-state index contributed by atoms with van der Waals surface area (Å²) in [5.74, 6) is 0.608. The first-order valence-corrected chi connectivity index (χ1v) is 6.99. The Morgan fingerprint density at radius 3 is 2.75 bits per heavy atom. The summed E-state index contributed by atoms with van der Waals surface area (Å²) in [6.07, 6.45) is 0.939. The first-order chi connectivity index (χ1) is 9.65. The molecule has 2 aromatic rings. The summed E-state index contributed by atoms with van der Waals surface area (Å²) in [5.41, 5.74) is 2.64. The molecule has 108 valence electrons. The van der Waals surface area contributed by atoms with Gasteiger partial charge >= 0.3 is 6.01 Å². The lowest BCUT2D eigenvalue weighted by molar-refractivity contribution is 0.458. The summed E-state index contributed by atoms with van der Waals surface area (Å²) in [7, 11) is 0. The maximum absolute atomic E-state index is 5.51. The van der Waals surface area contributed by atoms with Crippen LogP contribution in [0.15, 0.2) is 28.7 Å². The van der Waals surface area contributed by atoms with Gasteiger partial charge in [0.25, 0.3) is 0 Å². The molecule has 0 bridgehead atoms. The average molecular weight is 274 g/mol. The van der Waals surface area contributed by atoms with E-state index in [1.807, 2.05) is 0 Å². The van der Waals surface area contributed by atoms with Crippen LogP contribution in [0.25, 0.3) is 0 Å². The summed E-state index contributed by atoms with van der Waals surface area (Å²) < 4.78 is 5.51. The van der Waals surface area contributed by atoms with Gasteiger partial charge < -0.3 is 15.1 Å². The van der Waals surface area contributed by atoms with Gasteiger partial charge in [-0.3, -0.25) is 0 Å². The molecule has 0 saturated heterocycles. The smallest absolute Gasteiger partial charge is 0.315 e. The van der Waals surface area contributed by atoms with E-state index in [9.17, 15) is 0 Å². The molecule has 0 aliphatic carbocycles. The molecule has 1 heterocycles. The van der Waals surface area contributed by atoms with Crippen LogP contribution in [-0.4, -0.2) is 22.8 Å². The molecule has 0 aliphatic rings. The van der Waals surface area contributed by atoms with E-state index in [2.05, 4.69) is 65.9 Å². The van der Waals surface area contributed by atoms with Crippen LogP contribution < -0.4 is 10.6 Å². The third-order valence-corrected chi connectivity index (χ3v) is 3.06. The maximum atomic E-state index is 5.51. The van der Waals surface area contributed by atoms with Crippen molar-refractivity contribution in [2.45, 2.75) is 39.8 Å². The highest BCUT2D eigenvalue weighted by Crippen LogP contribution is 2.09. The molecule has 5 heteroatoms. The second-order valence-electron chi connectivity index (χ2n) is 5.14. The zero-order valence-electron chi connectivity index (χ0n) is 12.3. The summed E-state index contributed by atoms with van der Waals surface area (Å²) >= 11 is 0. The van der Waals surface area contributed by atoms with Gasteiger partial charge in [-0.05, 0) is 24.5 Å². The van der Waals surface area contributed by atoms with E-state index in [-0.39, 0.29) is 0 Å². The van der Waals surface area contributed by atoms with Gasteiger partial charge in [0.05, 0.1) is 6.54 Å². The number of nitrogens with zero attached hydrogens (tertiary/aromatic N) is 2. The zero-order valence-corrected chi connectivity index (χ0v) is 12.3. The lowest BCUT2D eigenvalue weighted by Gasteiger charge is -2.05. The van der Waals surface area contributed by atoms with Crippen LogP contribution >= 0.6 is 0 Å². The van der Waals surface area contributed by atoms with Crippen molar-refractivity contribution in [2.75, 3.05) is 11.9 Å². The molecule has 2 rings (SSSR count). The molecule has 0 aliphatic heterocycles. The molecule has 1 aromatic carbocycles. The van der Waals surface area contributed by atoms with Crippen molar-refractivity contribution in [1.29, 1.82) is 0 Å². The van der Waals surface area contributed by atoms with Crippen molar-refractivity contribution in [1.82, 2.24) is 15.5 Å². The third-order valence-electron chi connectivity index (χ3n) is 3.06. The van der Waals surface area contributed by atoms with Gasteiger partial charge in [0.2, 0.25) is 5.89 Å². The lowest BCUT2D eigenvalue weighted by atomic mass is 10.1. The predicted molar refractivity (Wildman–Crippen MR) is 79.6 cm³/mol. The van der Waals surface area contributed by atoms with Crippen molar-refractivity contribution < 1.29 is 4.42 Å². The Bertz CT molecular complexity index is 536. The van der Waals surface area contributed by atoms with Gasteiger partial charge in [0, 0.05) is 12.6 Å². The molecule has 20 heavy (non-hydrogen) atoms. The molecule has 0 fully saturated rings. The van der Waals surface area contributed by atoms with Crippen LogP contribution in [-0.2, 0) is 13.0 Å². The highest BCUT2D eigenvalue weighted by molar-refractivity contribution is 5.27. The molecule has 5 nitrogen and oxygen atoms in total. The molecule has 1 aromatic heterocycles. The highest BCUT2D eigenvalue weighted by atomic mass is 16.4. The van der Waals surface area contributed by atoms with E-state index in [1.54, 1.807) is 0 Å². The minimum Gasteiger partial charge on any atom is -0.407 e. The largest absolute Gasteiger partial charge is 0.407 e. The third kappa shape index (κ3) is 4.35. The van der Waals surface area contributed by atoms with Crippen LogP contribution in [0.5, 0.6) is 0 Å². The van der Waals surface area contributed by atoms with Crippen molar-refractivity contribution in [3.63, 3.8) is 0 Å². The van der Waals surface area contributed by atoms with Crippen LogP contribution in [0.2, 0.25) is 0 Å². The van der Waals surface area contributed by atoms with E-state index in [0.717, 1.165) is 13.0 Å². The van der Waals surface area contributed by atoms with Crippen LogP contribution in [0.4, 0.5) is 6.01 Å². The number of rotatable bonds is 7. The first-order valence-electron chi connectivity index (χ1n) is 6.99. The minimum atomic E-state index is 0.402. The summed E-state index contributed by atoms with van der Waals surface area (Å²) in [5, 5.41) is 14.4. The topological polar surface area (TPSA) is 63.0 Å². The molecule has 0 spiro atoms. The van der Waals surface area contributed by atoms with Crippen LogP contribution in [0.1, 0.15) is 30.9 Å². The number of hydrogen-bond donors (Lipinski definition) is 2. The van der Waals surface area contributed by atoms with Crippen molar-refractivity contribution in [3.8, 4) is 0 Å². The molecule has 0 radical (unpaired) electrons. The number of nitrogens with one attached hydrogen (secondary N) is 2. The van der Waals surface area contributed by atoms with Gasteiger partial charge in [-0.15, -0.1) is 5.10 Å². The predicted octanol–water partition coefficient (Wildman–Crippen LogP) is 2.53. The second-order valence-corrected chi connectivity index (χ2v) is 5.14. The Morgan fingerprint density at radius 1 is 1.20 bits per heavy atom.